The van der Waals surface area contributed by atoms with E-state index in [1.54, 1.807) is 18.3 Å². The van der Waals surface area contributed by atoms with Gasteiger partial charge < -0.3 is 15.2 Å². The molecule has 1 aromatic carbocycles. The molecule has 0 saturated heterocycles. The van der Waals surface area contributed by atoms with Gasteiger partial charge in [-0.2, -0.15) is 0 Å². The molecule has 2 heterocycles. The molecule has 0 bridgehead atoms. The summed E-state index contributed by atoms with van der Waals surface area (Å²) in [5, 5.41) is 14.4. The van der Waals surface area contributed by atoms with Crippen LogP contribution in [-0.2, 0) is 0 Å². The SMILES string of the molecule is O=C(Nc1ccc2c(OC3CCCC3)nccc2c1)c1ncccc1O. The van der Waals surface area contributed by atoms with Crippen LogP contribution in [0.3, 0.4) is 0 Å². The Labute approximate surface area is 150 Å². The molecular formula is C20H19N3O3. The highest BCUT2D eigenvalue weighted by atomic mass is 16.5. The van der Waals surface area contributed by atoms with Crippen molar-refractivity contribution in [1.29, 1.82) is 0 Å². The number of carbonyl (C=O) groups is 1. The molecule has 0 unspecified atom stereocenters. The first kappa shape index (κ1) is 16.3. The number of amides is 1. The molecule has 6 nitrogen and oxygen atoms in total. The van der Waals surface area contributed by atoms with E-state index in [4.69, 9.17) is 4.74 Å². The van der Waals surface area contributed by atoms with Crippen LogP contribution < -0.4 is 10.1 Å². The van der Waals surface area contributed by atoms with Gasteiger partial charge in [0.1, 0.15) is 11.9 Å². The van der Waals surface area contributed by atoms with E-state index in [0.717, 1.165) is 23.6 Å². The summed E-state index contributed by atoms with van der Waals surface area (Å²) in [7, 11) is 0. The Hall–Kier alpha value is -3.15. The summed E-state index contributed by atoms with van der Waals surface area (Å²) in [6.07, 6.45) is 7.95. The van der Waals surface area contributed by atoms with Gasteiger partial charge in [-0.05, 0) is 67.5 Å². The summed E-state index contributed by atoms with van der Waals surface area (Å²) in [6.45, 7) is 0. The van der Waals surface area contributed by atoms with Crippen molar-refractivity contribution < 1.29 is 14.6 Å². The number of aromatic hydroxyl groups is 1. The summed E-state index contributed by atoms with van der Waals surface area (Å²) in [6, 6.07) is 10.4. The second-order valence-corrected chi connectivity index (χ2v) is 6.40. The normalized spacial score (nSPS) is 14.5. The topological polar surface area (TPSA) is 84.3 Å². The first-order valence-corrected chi connectivity index (χ1v) is 8.71. The number of hydrogen-bond acceptors (Lipinski definition) is 5. The first-order valence-electron chi connectivity index (χ1n) is 8.71. The number of carbonyl (C=O) groups excluding carboxylic acids is 1. The molecule has 1 aliphatic rings. The summed E-state index contributed by atoms with van der Waals surface area (Å²) in [4.78, 5) is 20.6. The lowest BCUT2D eigenvalue weighted by atomic mass is 10.1. The third kappa shape index (κ3) is 3.31. The molecule has 2 N–H and O–H groups in total. The minimum absolute atomic E-state index is 0.00687. The lowest BCUT2D eigenvalue weighted by Gasteiger charge is -2.14. The summed E-state index contributed by atoms with van der Waals surface area (Å²) in [5.74, 6) is 0.0239. The van der Waals surface area contributed by atoms with E-state index >= 15 is 0 Å². The average molecular weight is 349 g/mol. The minimum Gasteiger partial charge on any atom is -0.505 e. The Kier molecular flexibility index (Phi) is 4.39. The van der Waals surface area contributed by atoms with E-state index in [-0.39, 0.29) is 17.5 Å². The number of benzene rings is 1. The number of hydrogen-bond donors (Lipinski definition) is 2. The Morgan fingerprint density at radius 3 is 2.77 bits per heavy atom. The second kappa shape index (κ2) is 7.00. The van der Waals surface area contributed by atoms with Crippen molar-refractivity contribution in [2.75, 3.05) is 5.32 Å². The molecule has 6 heteroatoms. The maximum absolute atomic E-state index is 12.3. The van der Waals surface area contributed by atoms with Crippen LogP contribution in [0.25, 0.3) is 10.8 Å². The lowest BCUT2D eigenvalue weighted by Crippen LogP contribution is -2.14. The maximum Gasteiger partial charge on any atom is 0.278 e. The fourth-order valence-electron chi connectivity index (χ4n) is 3.25. The highest BCUT2D eigenvalue weighted by molar-refractivity contribution is 6.05. The number of nitrogens with zero attached hydrogens (tertiary/aromatic N) is 2. The predicted molar refractivity (Wildman–Crippen MR) is 98.5 cm³/mol. The summed E-state index contributed by atoms with van der Waals surface area (Å²) < 4.78 is 6.05. The van der Waals surface area contributed by atoms with Crippen LogP contribution >= 0.6 is 0 Å². The zero-order chi connectivity index (χ0) is 17.9. The predicted octanol–water partition coefficient (Wildman–Crippen LogP) is 3.91. The van der Waals surface area contributed by atoms with Crippen molar-refractivity contribution in [2.24, 2.45) is 0 Å². The number of fused-ring (bicyclic) bond motifs is 1. The van der Waals surface area contributed by atoms with Crippen molar-refractivity contribution in [3.8, 4) is 11.6 Å². The van der Waals surface area contributed by atoms with Crippen molar-refractivity contribution in [1.82, 2.24) is 9.97 Å². The van der Waals surface area contributed by atoms with E-state index < -0.39 is 5.91 Å². The van der Waals surface area contributed by atoms with Gasteiger partial charge in [0.2, 0.25) is 5.88 Å². The molecule has 3 aromatic rings. The number of anilines is 1. The van der Waals surface area contributed by atoms with Gasteiger partial charge in [0.05, 0.1) is 0 Å². The van der Waals surface area contributed by atoms with Crippen LogP contribution in [0.15, 0.2) is 48.8 Å². The van der Waals surface area contributed by atoms with E-state index in [0.29, 0.717) is 11.6 Å². The molecule has 0 spiro atoms. The van der Waals surface area contributed by atoms with Gasteiger partial charge in [-0.25, -0.2) is 9.97 Å². The zero-order valence-corrected chi connectivity index (χ0v) is 14.2. The number of nitrogens with one attached hydrogen (secondary N) is 1. The molecule has 26 heavy (non-hydrogen) atoms. The quantitative estimate of drug-likeness (QED) is 0.746. The average Bonchev–Trinajstić information content (AvgIpc) is 3.15. The smallest absolute Gasteiger partial charge is 0.278 e. The van der Waals surface area contributed by atoms with Crippen LogP contribution in [0.1, 0.15) is 36.2 Å². The molecule has 1 saturated carbocycles. The van der Waals surface area contributed by atoms with Gasteiger partial charge in [0.25, 0.3) is 5.91 Å². The third-order valence-electron chi connectivity index (χ3n) is 4.57. The maximum atomic E-state index is 12.3. The van der Waals surface area contributed by atoms with Gasteiger partial charge in [0.15, 0.2) is 5.69 Å². The molecule has 4 rings (SSSR count). The van der Waals surface area contributed by atoms with Crippen molar-refractivity contribution in [2.45, 2.75) is 31.8 Å². The molecule has 1 amide bonds. The Morgan fingerprint density at radius 1 is 1.12 bits per heavy atom. The third-order valence-corrected chi connectivity index (χ3v) is 4.57. The van der Waals surface area contributed by atoms with Gasteiger partial charge >= 0.3 is 0 Å². The first-order chi connectivity index (χ1) is 12.7. The number of pyridine rings is 2. The van der Waals surface area contributed by atoms with Crippen LogP contribution in [0, 0.1) is 0 Å². The molecular weight excluding hydrogens is 330 g/mol. The molecule has 1 fully saturated rings. The molecule has 1 aliphatic carbocycles. The van der Waals surface area contributed by atoms with Crippen molar-refractivity contribution >= 4 is 22.4 Å². The van der Waals surface area contributed by atoms with Gasteiger partial charge in [0, 0.05) is 23.5 Å². The van der Waals surface area contributed by atoms with E-state index in [2.05, 4.69) is 15.3 Å². The molecule has 0 atom stereocenters. The van der Waals surface area contributed by atoms with Crippen molar-refractivity contribution in [3.63, 3.8) is 0 Å². The fourth-order valence-corrected chi connectivity index (χ4v) is 3.25. The molecule has 0 radical (unpaired) electrons. The van der Waals surface area contributed by atoms with Crippen LogP contribution in [0.5, 0.6) is 11.6 Å². The van der Waals surface area contributed by atoms with Crippen LogP contribution in [0.4, 0.5) is 5.69 Å². The lowest BCUT2D eigenvalue weighted by molar-refractivity contribution is 0.101. The summed E-state index contributed by atoms with van der Waals surface area (Å²) in [5.41, 5.74) is 0.609. The van der Waals surface area contributed by atoms with Crippen LogP contribution in [-0.4, -0.2) is 27.1 Å². The fraction of sp³-hybridized carbons (Fsp3) is 0.250. The van der Waals surface area contributed by atoms with Crippen LogP contribution in [0.2, 0.25) is 0 Å². The number of rotatable bonds is 4. The minimum atomic E-state index is -0.459. The van der Waals surface area contributed by atoms with E-state index in [9.17, 15) is 9.90 Å². The highest BCUT2D eigenvalue weighted by Gasteiger charge is 2.18. The standard InChI is InChI=1S/C20H19N3O3/c24-17-6-3-10-21-18(17)19(25)23-14-7-8-16-13(12-14)9-11-22-20(16)26-15-4-1-2-5-15/h3,6-12,15,24H,1-2,4-5H2,(H,23,25). The van der Waals surface area contributed by atoms with Gasteiger partial charge in [-0.15, -0.1) is 0 Å². The monoisotopic (exact) mass is 349 g/mol. The zero-order valence-electron chi connectivity index (χ0n) is 14.2. The molecule has 2 aromatic heterocycles. The highest BCUT2D eigenvalue weighted by Crippen LogP contribution is 2.30. The van der Waals surface area contributed by atoms with Crippen molar-refractivity contribution in [3.05, 3.63) is 54.5 Å². The largest absolute Gasteiger partial charge is 0.505 e. The Bertz CT molecular complexity index is 952. The van der Waals surface area contributed by atoms with E-state index in [1.165, 1.54) is 25.1 Å². The second-order valence-electron chi connectivity index (χ2n) is 6.40. The van der Waals surface area contributed by atoms with Gasteiger partial charge in [-0.3, -0.25) is 4.79 Å². The molecule has 132 valence electrons. The Morgan fingerprint density at radius 2 is 1.96 bits per heavy atom. The van der Waals surface area contributed by atoms with E-state index in [1.807, 2.05) is 18.2 Å². The Balaban J connectivity index is 1.58. The summed E-state index contributed by atoms with van der Waals surface area (Å²) >= 11 is 0. The van der Waals surface area contributed by atoms with Gasteiger partial charge in [-0.1, -0.05) is 0 Å². The number of ether oxygens (including phenoxy) is 1. The molecule has 0 aliphatic heterocycles. The number of aromatic nitrogens is 2.